The van der Waals surface area contributed by atoms with E-state index in [0.29, 0.717) is 11.0 Å². The molecule has 99 valence electrons. The fourth-order valence-electron chi connectivity index (χ4n) is 3.03. The van der Waals surface area contributed by atoms with Crippen LogP contribution in [0, 0.1) is 6.04 Å². The van der Waals surface area contributed by atoms with E-state index in [1.807, 2.05) is 0 Å². The lowest BCUT2D eigenvalue weighted by molar-refractivity contribution is 0.582. The lowest BCUT2D eigenvalue weighted by atomic mass is 9.82. The molecule has 0 heterocycles. The first-order valence-electron chi connectivity index (χ1n) is 7.03. The SMILES string of the molecule is C[CH][SiH2]C(C)(C)C(c1ccccc1)c1ccccc1. The Labute approximate surface area is 119 Å². The first kappa shape index (κ1) is 14.1. The van der Waals surface area contributed by atoms with Crippen molar-refractivity contribution in [2.45, 2.75) is 31.7 Å². The second-order valence-corrected chi connectivity index (χ2v) is 8.90. The first-order valence-corrected chi connectivity index (χ1v) is 8.55. The minimum absolute atomic E-state index is 0.210. The minimum atomic E-state index is -0.210. The second-order valence-electron chi connectivity index (χ2n) is 5.86. The van der Waals surface area contributed by atoms with Gasteiger partial charge in [0.05, 0.1) is 0 Å². The topological polar surface area (TPSA) is 0 Å². The maximum absolute atomic E-state index is 2.42. The Morgan fingerprint density at radius 2 is 1.26 bits per heavy atom. The molecule has 0 aromatic heterocycles. The van der Waals surface area contributed by atoms with Gasteiger partial charge >= 0.3 is 0 Å². The molecular weight excluding hydrogens is 244 g/mol. The van der Waals surface area contributed by atoms with Crippen molar-refractivity contribution in [2.24, 2.45) is 0 Å². The van der Waals surface area contributed by atoms with E-state index >= 15 is 0 Å². The van der Waals surface area contributed by atoms with Crippen molar-refractivity contribution >= 4 is 9.52 Å². The molecule has 0 bridgehead atoms. The molecule has 0 saturated heterocycles. The van der Waals surface area contributed by atoms with Gasteiger partial charge in [0.2, 0.25) is 0 Å². The van der Waals surface area contributed by atoms with Gasteiger partial charge in [0.25, 0.3) is 0 Å². The van der Waals surface area contributed by atoms with Crippen molar-refractivity contribution in [1.29, 1.82) is 0 Å². The van der Waals surface area contributed by atoms with E-state index in [-0.39, 0.29) is 9.52 Å². The third-order valence-electron chi connectivity index (χ3n) is 3.78. The van der Waals surface area contributed by atoms with Crippen LogP contribution in [0.2, 0.25) is 5.04 Å². The van der Waals surface area contributed by atoms with Crippen LogP contribution in [-0.4, -0.2) is 9.52 Å². The molecule has 2 rings (SSSR count). The van der Waals surface area contributed by atoms with Gasteiger partial charge in [-0.2, -0.15) is 0 Å². The van der Waals surface area contributed by atoms with Gasteiger partial charge < -0.3 is 0 Å². The zero-order chi connectivity index (χ0) is 13.7. The van der Waals surface area contributed by atoms with E-state index in [1.165, 1.54) is 11.1 Å². The summed E-state index contributed by atoms with van der Waals surface area (Å²) in [5.41, 5.74) is 2.88. The summed E-state index contributed by atoms with van der Waals surface area (Å²) >= 11 is 0. The van der Waals surface area contributed by atoms with Gasteiger partial charge in [0, 0.05) is 15.4 Å². The van der Waals surface area contributed by atoms with Crippen LogP contribution < -0.4 is 0 Å². The Kier molecular flexibility index (Phi) is 4.59. The molecule has 0 spiro atoms. The fourth-order valence-corrected chi connectivity index (χ4v) is 4.79. The van der Waals surface area contributed by atoms with E-state index < -0.39 is 0 Å². The summed E-state index contributed by atoms with van der Waals surface area (Å²) < 4.78 is 0. The van der Waals surface area contributed by atoms with Crippen LogP contribution in [0.1, 0.15) is 37.8 Å². The van der Waals surface area contributed by atoms with Crippen LogP contribution >= 0.6 is 0 Å². The molecule has 0 atom stereocenters. The number of benzene rings is 2. The van der Waals surface area contributed by atoms with Gasteiger partial charge in [0.15, 0.2) is 0 Å². The molecule has 19 heavy (non-hydrogen) atoms. The van der Waals surface area contributed by atoms with Gasteiger partial charge in [0.1, 0.15) is 0 Å². The van der Waals surface area contributed by atoms with Crippen molar-refractivity contribution in [3.8, 4) is 0 Å². The molecule has 0 N–H and O–H groups in total. The zero-order valence-corrected chi connectivity index (χ0v) is 13.5. The monoisotopic (exact) mass is 267 g/mol. The highest BCUT2D eigenvalue weighted by Crippen LogP contribution is 2.45. The molecule has 1 heteroatoms. The smallest absolute Gasteiger partial charge is 0.0304 e. The molecule has 2 aromatic rings. The maximum Gasteiger partial charge on any atom is 0.0304 e. The Balaban J connectivity index is 2.46. The highest BCUT2D eigenvalue weighted by Gasteiger charge is 2.31. The summed E-state index contributed by atoms with van der Waals surface area (Å²) in [5.74, 6) is 0.498. The van der Waals surface area contributed by atoms with Crippen LogP contribution in [0.5, 0.6) is 0 Å². The normalized spacial score (nSPS) is 12.4. The predicted molar refractivity (Wildman–Crippen MR) is 87.3 cm³/mol. The summed E-state index contributed by atoms with van der Waals surface area (Å²) in [6.45, 7) is 7.05. The Bertz CT molecular complexity index is 448. The van der Waals surface area contributed by atoms with E-state index in [9.17, 15) is 0 Å². The highest BCUT2D eigenvalue weighted by molar-refractivity contribution is 6.44. The van der Waals surface area contributed by atoms with Crippen molar-refractivity contribution in [3.63, 3.8) is 0 Å². The van der Waals surface area contributed by atoms with Crippen molar-refractivity contribution < 1.29 is 0 Å². The standard InChI is InChI=1S/C18H23Si/c1-4-19-18(2,3)17(15-11-7-5-8-12-15)16-13-9-6-10-14-16/h4-14,17H,19H2,1-3H3. The van der Waals surface area contributed by atoms with Crippen LogP contribution in [0.25, 0.3) is 0 Å². The molecule has 0 saturated carbocycles. The molecule has 0 fully saturated rings. The molecule has 0 aliphatic heterocycles. The molecule has 0 nitrogen and oxygen atoms in total. The van der Waals surface area contributed by atoms with E-state index in [0.717, 1.165) is 0 Å². The van der Waals surface area contributed by atoms with E-state index in [1.54, 1.807) is 0 Å². The third kappa shape index (κ3) is 3.36. The van der Waals surface area contributed by atoms with E-state index in [4.69, 9.17) is 0 Å². The Hall–Kier alpha value is -1.34. The van der Waals surface area contributed by atoms with Gasteiger partial charge in [-0.1, -0.05) is 87.5 Å². The number of hydrogen-bond donors (Lipinski definition) is 0. The third-order valence-corrected chi connectivity index (χ3v) is 5.65. The molecule has 2 aromatic carbocycles. The lowest BCUT2D eigenvalue weighted by Crippen LogP contribution is -2.23. The van der Waals surface area contributed by atoms with Crippen LogP contribution in [0.3, 0.4) is 0 Å². The Morgan fingerprint density at radius 3 is 1.63 bits per heavy atom. The number of hydrogen-bond acceptors (Lipinski definition) is 0. The lowest BCUT2D eigenvalue weighted by Gasteiger charge is -2.35. The van der Waals surface area contributed by atoms with Gasteiger partial charge in [-0.05, 0) is 16.2 Å². The van der Waals surface area contributed by atoms with Gasteiger partial charge in [-0.15, -0.1) is 0 Å². The molecule has 0 aliphatic rings. The van der Waals surface area contributed by atoms with Gasteiger partial charge in [-0.3, -0.25) is 0 Å². The highest BCUT2D eigenvalue weighted by atomic mass is 28.2. The minimum Gasteiger partial charge on any atom is -0.0654 e. The first-order chi connectivity index (χ1) is 9.15. The molecule has 0 amide bonds. The molecule has 0 unspecified atom stereocenters. The predicted octanol–water partition coefficient (Wildman–Crippen LogP) is 4.37. The van der Waals surface area contributed by atoms with Crippen molar-refractivity contribution in [3.05, 3.63) is 77.8 Å². The van der Waals surface area contributed by atoms with Crippen molar-refractivity contribution in [2.75, 3.05) is 0 Å². The maximum atomic E-state index is 2.42. The fraction of sp³-hybridized carbons (Fsp3) is 0.278. The van der Waals surface area contributed by atoms with Crippen LogP contribution in [0.4, 0.5) is 0 Å². The zero-order valence-electron chi connectivity index (χ0n) is 12.1. The van der Waals surface area contributed by atoms with Gasteiger partial charge in [-0.25, -0.2) is 0 Å². The largest absolute Gasteiger partial charge is 0.0654 e. The number of rotatable bonds is 5. The average Bonchev–Trinajstić information content (AvgIpc) is 2.41. The molecular formula is C18H23Si. The quantitative estimate of drug-likeness (QED) is 0.706. The summed E-state index contributed by atoms with van der Waals surface area (Å²) in [6, 6.07) is 24.3. The Morgan fingerprint density at radius 1 is 0.842 bits per heavy atom. The average molecular weight is 267 g/mol. The molecule has 0 aliphatic carbocycles. The summed E-state index contributed by atoms with van der Waals surface area (Å²) in [4.78, 5) is 0. The van der Waals surface area contributed by atoms with Crippen LogP contribution in [-0.2, 0) is 0 Å². The summed E-state index contributed by atoms with van der Waals surface area (Å²) in [6.07, 6.45) is 0. The van der Waals surface area contributed by atoms with Crippen LogP contribution in [0.15, 0.2) is 60.7 Å². The van der Waals surface area contributed by atoms with E-state index in [2.05, 4.69) is 87.5 Å². The summed E-state index contributed by atoms with van der Waals surface area (Å²) in [5, 5.41) is 0.359. The second kappa shape index (κ2) is 6.20. The van der Waals surface area contributed by atoms with Crippen molar-refractivity contribution in [1.82, 2.24) is 0 Å². The molecule has 1 radical (unpaired) electrons. The summed E-state index contributed by atoms with van der Waals surface area (Å²) in [7, 11) is -0.210.